The summed E-state index contributed by atoms with van der Waals surface area (Å²) in [5, 5.41) is 7.53. The van der Waals surface area contributed by atoms with Gasteiger partial charge in [0, 0.05) is 25.1 Å². The van der Waals surface area contributed by atoms with E-state index in [1.165, 1.54) is 23.5 Å². The fourth-order valence-corrected chi connectivity index (χ4v) is 3.14. The zero-order valence-electron chi connectivity index (χ0n) is 18.1. The third-order valence-corrected chi connectivity index (χ3v) is 4.89. The number of carbonyl (C=O) groups is 2. The minimum atomic E-state index is -4.78. The third-order valence-electron chi connectivity index (χ3n) is 4.04. The molecule has 2 aromatic rings. The molecule has 12 heteroatoms. The Morgan fingerprint density at radius 1 is 1.06 bits per heavy atom. The van der Waals surface area contributed by atoms with Gasteiger partial charge in [-0.05, 0) is 37.1 Å². The van der Waals surface area contributed by atoms with E-state index < -0.39 is 12.3 Å². The van der Waals surface area contributed by atoms with Crippen LogP contribution in [0.15, 0.2) is 29.6 Å². The van der Waals surface area contributed by atoms with Crippen molar-refractivity contribution in [2.75, 3.05) is 26.4 Å². The first kappa shape index (κ1) is 26.4. The lowest BCUT2D eigenvalue weighted by atomic mass is 10.3. The van der Waals surface area contributed by atoms with Crippen molar-refractivity contribution >= 4 is 23.2 Å². The van der Waals surface area contributed by atoms with Gasteiger partial charge < -0.3 is 24.8 Å². The lowest BCUT2D eigenvalue weighted by Gasteiger charge is -2.10. The average molecular weight is 490 g/mol. The van der Waals surface area contributed by atoms with E-state index in [2.05, 4.69) is 27.3 Å². The number of unbranched alkanes of at least 4 members (excludes halogenated alkanes) is 1. The van der Waals surface area contributed by atoms with Crippen molar-refractivity contribution in [1.29, 1.82) is 0 Å². The highest BCUT2D eigenvalue weighted by Crippen LogP contribution is 2.24. The van der Waals surface area contributed by atoms with Crippen molar-refractivity contribution in [1.82, 2.24) is 15.6 Å². The molecule has 0 saturated carbocycles. The SMILES string of the molecule is CCCCOCCCNC(=O)c1csc(CNC(=O)COc2ccc(OC(F)(F)F)cc2)n1. The van der Waals surface area contributed by atoms with Gasteiger partial charge in [0.15, 0.2) is 6.61 Å². The van der Waals surface area contributed by atoms with Gasteiger partial charge in [0.2, 0.25) is 0 Å². The first-order valence-electron chi connectivity index (χ1n) is 10.3. The fraction of sp³-hybridized carbons (Fsp3) is 0.476. The van der Waals surface area contributed by atoms with Gasteiger partial charge in [-0.25, -0.2) is 4.98 Å². The van der Waals surface area contributed by atoms with Crippen LogP contribution in [0.1, 0.15) is 41.7 Å². The van der Waals surface area contributed by atoms with Crippen molar-refractivity contribution in [3.63, 3.8) is 0 Å². The van der Waals surface area contributed by atoms with Crippen molar-refractivity contribution in [3.8, 4) is 11.5 Å². The number of hydrogen-bond donors (Lipinski definition) is 2. The predicted octanol–water partition coefficient (Wildman–Crippen LogP) is 3.67. The number of alkyl halides is 3. The van der Waals surface area contributed by atoms with E-state index in [0.29, 0.717) is 24.6 Å². The molecule has 2 N–H and O–H groups in total. The molecule has 2 amide bonds. The zero-order valence-corrected chi connectivity index (χ0v) is 18.9. The Labute approximate surface area is 193 Å². The van der Waals surface area contributed by atoms with E-state index >= 15 is 0 Å². The van der Waals surface area contributed by atoms with Crippen LogP contribution in [0.5, 0.6) is 11.5 Å². The number of carbonyl (C=O) groups excluding carboxylic acids is 2. The maximum absolute atomic E-state index is 12.1. The Hall–Kier alpha value is -2.86. The lowest BCUT2D eigenvalue weighted by molar-refractivity contribution is -0.274. The number of amides is 2. The van der Waals surface area contributed by atoms with Gasteiger partial charge >= 0.3 is 6.36 Å². The molecule has 2 rings (SSSR count). The number of rotatable bonds is 14. The maximum Gasteiger partial charge on any atom is 0.573 e. The molecular weight excluding hydrogens is 463 g/mol. The Morgan fingerprint density at radius 3 is 2.45 bits per heavy atom. The molecule has 0 bridgehead atoms. The summed E-state index contributed by atoms with van der Waals surface area (Å²) in [5.41, 5.74) is 0.272. The van der Waals surface area contributed by atoms with Crippen LogP contribution in [0.25, 0.3) is 0 Å². The van der Waals surface area contributed by atoms with Crippen LogP contribution in [0.2, 0.25) is 0 Å². The number of nitrogens with one attached hydrogen (secondary N) is 2. The Balaban J connectivity index is 1.64. The summed E-state index contributed by atoms with van der Waals surface area (Å²) >= 11 is 1.24. The van der Waals surface area contributed by atoms with Crippen molar-refractivity contribution in [2.24, 2.45) is 0 Å². The van der Waals surface area contributed by atoms with Crippen LogP contribution >= 0.6 is 11.3 Å². The molecule has 0 aliphatic heterocycles. The Bertz CT molecular complexity index is 875. The summed E-state index contributed by atoms with van der Waals surface area (Å²) in [4.78, 5) is 28.2. The highest BCUT2D eigenvalue weighted by molar-refractivity contribution is 7.09. The number of aromatic nitrogens is 1. The summed E-state index contributed by atoms with van der Waals surface area (Å²) in [7, 11) is 0. The topological polar surface area (TPSA) is 98.8 Å². The van der Waals surface area contributed by atoms with E-state index in [0.717, 1.165) is 31.6 Å². The van der Waals surface area contributed by atoms with E-state index in [9.17, 15) is 22.8 Å². The molecule has 0 aliphatic rings. The van der Waals surface area contributed by atoms with E-state index in [1.54, 1.807) is 5.38 Å². The van der Waals surface area contributed by atoms with Gasteiger partial charge in [-0.1, -0.05) is 13.3 Å². The second kappa shape index (κ2) is 13.6. The molecule has 0 fully saturated rings. The molecule has 8 nitrogen and oxygen atoms in total. The van der Waals surface area contributed by atoms with E-state index in [-0.39, 0.29) is 36.3 Å². The van der Waals surface area contributed by atoms with Crippen molar-refractivity contribution in [3.05, 3.63) is 40.3 Å². The largest absolute Gasteiger partial charge is 0.573 e. The molecule has 182 valence electrons. The highest BCUT2D eigenvalue weighted by atomic mass is 32.1. The summed E-state index contributed by atoms with van der Waals surface area (Å²) in [6.45, 7) is 3.66. The summed E-state index contributed by atoms with van der Waals surface area (Å²) < 4.78 is 50.9. The second-order valence-corrected chi connectivity index (χ2v) is 7.73. The Morgan fingerprint density at radius 2 is 1.76 bits per heavy atom. The monoisotopic (exact) mass is 489 g/mol. The molecule has 1 aromatic carbocycles. The fourth-order valence-electron chi connectivity index (χ4n) is 2.42. The molecule has 0 unspecified atom stereocenters. The highest BCUT2D eigenvalue weighted by Gasteiger charge is 2.31. The summed E-state index contributed by atoms with van der Waals surface area (Å²) in [6.07, 6.45) is -1.97. The lowest BCUT2D eigenvalue weighted by Crippen LogP contribution is -2.28. The van der Waals surface area contributed by atoms with Crippen LogP contribution in [0.3, 0.4) is 0 Å². The molecule has 1 heterocycles. The molecule has 0 radical (unpaired) electrons. The molecule has 0 saturated heterocycles. The molecule has 0 spiro atoms. The van der Waals surface area contributed by atoms with Crippen LogP contribution in [-0.2, 0) is 16.1 Å². The predicted molar refractivity (Wildman–Crippen MR) is 115 cm³/mol. The van der Waals surface area contributed by atoms with Gasteiger partial charge in [0.1, 0.15) is 22.2 Å². The maximum atomic E-state index is 12.1. The van der Waals surface area contributed by atoms with Gasteiger partial charge in [0.25, 0.3) is 11.8 Å². The number of hydrogen-bond acceptors (Lipinski definition) is 7. The number of halogens is 3. The summed E-state index contributed by atoms with van der Waals surface area (Å²) in [6, 6.07) is 4.69. The van der Waals surface area contributed by atoms with E-state index in [4.69, 9.17) is 9.47 Å². The van der Waals surface area contributed by atoms with Crippen molar-refractivity contribution in [2.45, 2.75) is 39.1 Å². The minimum Gasteiger partial charge on any atom is -0.484 e. The van der Waals surface area contributed by atoms with Gasteiger partial charge in [-0.2, -0.15) is 0 Å². The molecule has 1 aromatic heterocycles. The van der Waals surface area contributed by atoms with Crippen LogP contribution in [-0.4, -0.2) is 49.5 Å². The third kappa shape index (κ3) is 11.0. The molecule has 0 atom stereocenters. The Kier molecular flexibility index (Phi) is 10.9. The number of benzene rings is 1. The molecular formula is C21H26F3N3O5S. The first-order valence-corrected chi connectivity index (χ1v) is 11.2. The first-order chi connectivity index (χ1) is 15.8. The average Bonchev–Trinajstić information content (AvgIpc) is 3.25. The van der Waals surface area contributed by atoms with Crippen LogP contribution in [0.4, 0.5) is 13.2 Å². The standard InChI is InChI=1S/C21H26F3N3O5S/c1-2-3-10-30-11-4-9-25-20(29)17-14-33-19(27-17)12-26-18(28)13-31-15-5-7-16(8-6-15)32-21(22,23)24/h5-8,14H,2-4,9-13H2,1H3,(H,25,29)(H,26,28). The minimum absolute atomic E-state index is 0.115. The smallest absolute Gasteiger partial charge is 0.484 e. The second-order valence-electron chi connectivity index (χ2n) is 6.79. The number of nitrogens with zero attached hydrogens (tertiary/aromatic N) is 1. The normalized spacial score (nSPS) is 11.2. The summed E-state index contributed by atoms with van der Waals surface area (Å²) in [5.74, 6) is -0.916. The van der Waals surface area contributed by atoms with Crippen LogP contribution in [0, 0.1) is 0 Å². The van der Waals surface area contributed by atoms with Crippen LogP contribution < -0.4 is 20.1 Å². The number of ether oxygens (including phenoxy) is 3. The van der Waals surface area contributed by atoms with E-state index in [1.807, 2.05) is 0 Å². The molecule has 33 heavy (non-hydrogen) atoms. The van der Waals surface area contributed by atoms with Gasteiger partial charge in [-0.3, -0.25) is 9.59 Å². The zero-order chi connectivity index (χ0) is 24.1. The van der Waals surface area contributed by atoms with Crippen molar-refractivity contribution < 1.29 is 37.0 Å². The number of thiazole rings is 1. The van der Waals surface area contributed by atoms with Gasteiger partial charge in [0.05, 0.1) is 6.54 Å². The quantitative estimate of drug-likeness (QED) is 0.393. The van der Waals surface area contributed by atoms with Gasteiger partial charge in [-0.15, -0.1) is 24.5 Å². The molecule has 0 aliphatic carbocycles.